The Morgan fingerprint density at radius 2 is 1.52 bits per heavy atom. The van der Waals surface area contributed by atoms with Gasteiger partial charge in [-0.1, -0.05) is 30.3 Å². The van der Waals surface area contributed by atoms with Crippen molar-refractivity contribution in [2.24, 2.45) is 0 Å². The molecule has 7 heteroatoms. The average Bonchev–Trinajstić information content (AvgIpc) is 2.59. The highest BCUT2D eigenvalue weighted by molar-refractivity contribution is 7.96. The maximum Gasteiger partial charge on any atom is 0.271 e. The van der Waals surface area contributed by atoms with Gasteiger partial charge in [0.2, 0.25) is 9.84 Å². The fraction of sp³-hybridized carbons (Fsp3) is 0.167. The average molecular weight is 362 g/mol. The van der Waals surface area contributed by atoms with Crippen LogP contribution >= 0.6 is 0 Å². The predicted molar refractivity (Wildman–Crippen MR) is 95.2 cm³/mol. The molecule has 1 amide bonds. The Morgan fingerprint density at radius 1 is 0.960 bits per heavy atom. The zero-order valence-corrected chi connectivity index (χ0v) is 15.0. The van der Waals surface area contributed by atoms with Gasteiger partial charge in [0.25, 0.3) is 5.91 Å². The Labute approximate surface area is 146 Å². The van der Waals surface area contributed by atoms with E-state index in [1.165, 1.54) is 35.2 Å². The second-order valence-corrected chi connectivity index (χ2v) is 7.48. The molecule has 0 saturated heterocycles. The number of nitrogens with zero attached hydrogens (tertiary/aromatic N) is 2. The summed E-state index contributed by atoms with van der Waals surface area (Å²) in [6, 6.07) is 13.6. The van der Waals surface area contributed by atoms with Crippen molar-refractivity contribution in [3.8, 4) is 0 Å². The molecular formula is C18H19FN2O3S. The van der Waals surface area contributed by atoms with Gasteiger partial charge in [0, 0.05) is 33.0 Å². The van der Waals surface area contributed by atoms with Crippen LogP contribution in [0.25, 0.3) is 0 Å². The van der Waals surface area contributed by atoms with Gasteiger partial charge in [0.15, 0.2) is 4.91 Å². The lowest BCUT2D eigenvalue weighted by Crippen LogP contribution is -2.32. The molecule has 5 nitrogen and oxygen atoms in total. The number of rotatable bonds is 5. The first kappa shape index (κ1) is 18.7. The van der Waals surface area contributed by atoms with Crippen molar-refractivity contribution >= 4 is 21.4 Å². The molecule has 0 bridgehead atoms. The van der Waals surface area contributed by atoms with Gasteiger partial charge < -0.3 is 9.80 Å². The topological polar surface area (TPSA) is 57.7 Å². The Hall–Kier alpha value is -2.67. The molecule has 0 fully saturated rings. The van der Waals surface area contributed by atoms with E-state index in [2.05, 4.69) is 0 Å². The molecular weight excluding hydrogens is 343 g/mol. The van der Waals surface area contributed by atoms with Crippen LogP contribution in [0.3, 0.4) is 0 Å². The summed E-state index contributed by atoms with van der Waals surface area (Å²) in [6.45, 7) is 0. The van der Waals surface area contributed by atoms with E-state index in [9.17, 15) is 17.6 Å². The summed E-state index contributed by atoms with van der Waals surface area (Å²) in [6.07, 6.45) is 1.18. The highest BCUT2D eigenvalue weighted by Crippen LogP contribution is 2.25. The highest BCUT2D eigenvalue weighted by atomic mass is 32.2. The lowest BCUT2D eigenvalue weighted by atomic mass is 10.3. The number of sulfone groups is 1. The van der Waals surface area contributed by atoms with Gasteiger partial charge in [0.1, 0.15) is 10.7 Å². The fourth-order valence-corrected chi connectivity index (χ4v) is 3.73. The number of carbonyl (C=O) groups is 1. The van der Waals surface area contributed by atoms with E-state index in [1.54, 1.807) is 44.4 Å². The zero-order chi connectivity index (χ0) is 18.6. The standard InChI is InChI=1S/C18H19FN2O3S/c1-20(2)13-17(18(22)21(3)14-9-5-4-6-10-14)25(23,24)16-12-8-7-11-15(16)19/h4-13H,1-3H3. The van der Waals surface area contributed by atoms with E-state index >= 15 is 0 Å². The Balaban J connectivity index is 2.54. The summed E-state index contributed by atoms with van der Waals surface area (Å²) < 4.78 is 39.8. The van der Waals surface area contributed by atoms with Crippen molar-refractivity contribution in [2.75, 3.05) is 26.0 Å². The molecule has 0 heterocycles. The van der Waals surface area contributed by atoms with Gasteiger partial charge in [-0.15, -0.1) is 0 Å². The lowest BCUT2D eigenvalue weighted by molar-refractivity contribution is -0.114. The van der Waals surface area contributed by atoms with Crippen LogP contribution in [0.1, 0.15) is 0 Å². The number of hydrogen-bond acceptors (Lipinski definition) is 4. The summed E-state index contributed by atoms with van der Waals surface area (Å²) in [5, 5.41) is 0. The van der Waals surface area contributed by atoms with Crippen LogP contribution < -0.4 is 4.90 Å². The molecule has 25 heavy (non-hydrogen) atoms. The quantitative estimate of drug-likeness (QED) is 0.768. The van der Waals surface area contributed by atoms with Crippen molar-refractivity contribution in [3.63, 3.8) is 0 Å². The van der Waals surface area contributed by atoms with Crippen LogP contribution in [0, 0.1) is 5.82 Å². The number of halogens is 1. The molecule has 132 valence electrons. The Kier molecular flexibility index (Phi) is 5.58. The normalized spacial score (nSPS) is 11.9. The van der Waals surface area contributed by atoms with Gasteiger partial charge in [-0.3, -0.25) is 4.79 Å². The second kappa shape index (κ2) is 7.48. The van der Waals surface area contributed by atoms with E-state index in [4.69, 9.17) is 0 Å². The fourth-order valence-electron chi connectivity index (χ4n) is 2.19. The van der Waals surface area contributed by atoms with Crippen LogP contribution in [0.5, 0.6) is 0 Å². The molecule has 0 atom stereocenters. The second-order valence-electron chi connectivity index (χ2n) is 5.59. The van der Waals surface area contributed by atoms with E-state index in [1.807, 2.05) is 0 Å². The van der Waals surface area contributed by atoms with Gasteiger partial charge in [0.05, 0.1) is 0 Å². The van der Waals surface area contributed by atoms with Gasteiger partial charge in [-0.05, 0) is 24.3 Å². The maximum atomic E-state index is 14.0. The van der Waals surface area contributed by atoms with Crippen molar-refractivity contribution in [2.45, 2.75) is 4.90 Å². The molecule has 0 aliphatic rings. The van der Waals surface area contributed by atoms with E-state index < -0.39 is 31.4 Å². The zero-order valence-electron chi connectivity index (χ0n) is 14.2. The SMILES string of the molecule is CN(C)C=C(C(=O)N(C)c1ccccc1)S(=O)(=O)c1ccccc1F. The van der Waals surface area contributed by atoms with Crippen LogP contribution in [-0.2, 0) is 14.6 Å². The first-order valence-electron chi connectivity index (χ1n) is 7.46. The lowest BCUT2D eigenvalue weighted by Gasteiger charge is -2.20. The summed E-state index contributed by atoms with van der Waals surface area (Å²) in [4.78, 5) is 14.5. The number of para-hydroxylation sites is 1. The predicted octanol–water partition coefficient (Wildman–Crippen LogP) is 2.67. The van der Waals surface area contributed by atoms with Crippen molar-refractivity contribution in [1.82, 2.24) is 4.90 Å². The minimum absolute atomic E-state index is 0.506. The summed E-state index contributed by atoms with van der Waals surface area (Å²) in [7, 11) is 0.324. The third kappa shape index (κ3) is 4.06. The van der Waals surface area contributed by atoms with E-state index in [0.29, 0.717) is 5.69 Å². The Morgan fingerprint density at radius 3 is 2.08 bits per heavy atom. The number of carbonyl (C=O) groups excluding carboxylic acids is 1. The molecule has 0 saturated carbocycles. The molecule has 2 aromatic rings. The van der Waals surface area contributed by atoms with Crippen molar-refractivity contribution < 1.29 is 17.6 Å². The van der Waals surface area contributed by atoms with Crippen molar-refractivity contribution in [1.29, 1.82) is 0 Å². The number of amides is 1. The monoisotopic (exact) mass is 362 g/mol. The third-order valence-electron chi connectivity index (χ3n) is 3.45. The largest absolute Gasteiger partial charge is 0.382 e. The first-order chi connectivity index (χ1) is 11.7. The molecule has 0 aliphatic carbocycles. The molecule has 0 radical (unpaired) electrons. The molecule has 0 spiro atoms. The number of anilines is 1. The van der Waals surface area contributed by atoms with E-state index in [-0.39, 0.29) is 0 Å². The summed E-state index contributed by atoms with van der Waals surface area (Å²) >= 11 is 0. The molecule has 0 N–H and O–H groups in total. The number of likely N-dealkylation sites (N-methyl/N-ethyl adjacent to an activating group) is 1. The third-order valence-corrected chi connectivity index (χ3v) is 5.22. The van der Waals surface area contributed by atoms with Crippen LogP contribution in [0.15, 0.2) is 70.6 Å². The minimum Gasteiger partial charge on any atom is -0.382 e. The number of hydrogen-bond donors (Lipinski definition) is 0. The Bertz CT molecular complexity index is 894. The maximum absolute atomic E-state index is 14.0. The molecule has 2 aromatic carbocycles. The number of benzene rings is 2. The minimum atomic E-state index is -4.33. The highest BCUT2D eigenvalue weighted by Gasteiger charge is 2.32. The molecule has 0 aliphatic heterocycles. The van der Waals surface area contributed by atoms with Gasteiger partial charge in [-0.2, -0.15) is 0 Å². The van der Waals surface area contributed by atoms with Gasteiger partial charge in [-0.25, -0.2) is 12.8 Å². The summed E-state index contributed by atoms with van der Waals surface area (Å²) in [5.41, 5.74) is 0.529. The van der Waals surface area contributed by atoms with Crippen molar-refractivity contribution in [3.05, 3.63) is 71.5 Å². The van der Waals surface area contributed by atoms with Crippen LogP contribution in [0.4, 0.5) is 10.1 Å². The van der Waals surface area contributed by atoms with E-state index in [0.717, 1.165) is 12.1 Å². The van der Waals surface area contributed by atoms with Gasteiger partial charge >= 0.3 is 0 Å². The molecule has 0 unspecified atom stereocenters. The van der Waals surface area contributed by atoms with Crippen LogP contribution in [-0.4, -0.2) is 40.4 Å². The smallest absolute Gasteiger partial charge is 0.271 e. The molecule has 2 rings (SSSR count). The first-order valence-corrected chi connectivity index (χ1v) is 8.94. The van der Waals surface area contributed by atoms with Crippen LogP contribution in [0.2, 0.25) is 0 Å². The molecule has 0 aromatic heterocycles. The summed E-state index contributed by atoms with van der Waals surface area (Å²) in [5.74, 6) is -1.65.